The number of para-hydroxylation sites is 1. The fraction of sp³-hybridized carbons (Fsp3) is 0.300. The number of nitrogens with zero attached hydrogens (tertiary/aromatic N) is 5. The first-order valence-corrected chi connectivity index (χ1v) is 9.23. The lowest BCUT2D eigenvalue weighted by molar-refractivity contribution is 0.0706. The molecule has 0 saturated carbocycles. The van der Waals surface area contributed by atoms with Gasteiger partial charge in [0.15, 0.2) is 5.65 Å². The molecule has 27 heavy (non-hydrogen) atoms. The molecule has 0 spiro atoms. The monoisotopic (exact) mass is 360 g/mol. The summed E-state index contributed by atoms with van der Waals surface area (Å²) < 4.78 is 1.64. The lowest BCUT2D eigenvalue weighted by Gasteiger charge is -2.31. The average molecular weight is 360 g/mol. The number of amides is 1. The molecule has 0 aliphatic carbocycles. The number of hydrogen-bond donors (Lipinski definition) is 1. The molecular weight excluding hydrogens is 340 g/mol. The Morgan fingerprint density at radius 1 is 1.30 bits per heavy atom. The van der Waals surface area contributed by atoms with E-state index in [1.165, 1.54) is 0 Å². The predicted molar refractivity (Wildman–Crippen MR) is 102 cm³/mol. The van der Waals surface area contributed by atoms with Crippen LogP contribution in [0.15, 0.2) is 42.9 Å². The van der Waals surface area contributed by atoms with Gasteiger partial charge in [0.2, 0.25) is 0 Å². The second kappa shape index (κ2) is 6.19. The van der Waals surface area contributed by atoms with Gasteiger partial charge in [0.25, 0.3) is 5.91 Å². The van der Waals surface area contributed by atoms with Crippen LogP contribution in [0.1, 0.15) is 40.5 Å². The van der Waals surface area contributed by atoms with Crippen LogP contribution in [0.4, 0.5) is 0 Å². The number of imidazole rings is 1. The number of aryl methyl sites for hydroxylation is 1. The number of likely N-dealkylation sites (tertiary alicyclic amines) is 1. The highest BCUT2D eigenvalue weighted by molar-refractivity contribution is 5.99. The number of piperidine rings is 1. The summed E-state index contributed by atoms with van der Waals surface area (Å²) in [6.07, 6.45) is 7.08. The van der Waals surface area contributed by atoms with Crippen LogP contribution in [0.5, 0.6) is 0 Å². The number of fused-ring (bicyclic) bond motifs is 2. The fourth-order valence-electron chi connectivity index (χ4n) is 3.92. The minimum Gasteiger partial charge on any atom is -0.342 e. The summed E-state index contributed by atoms with van der Waals surface area (Å²) in [4.78, 5) is 27.6. The van der Waals surface area contributed by atoms with Gasteiger partial charge < -0.3 is 9.88 Å². The summed E-state index contributed by atoms with van der Waals surface area (Å²) in [6, 6.07) is 7.96. The zero-order valence-corrected chi connectivity index (χ0v) is 15.1. The van der Waals surface area contributed by atoms with Gasteiger partial charge >= 0.3 is 0 Å². The third kappa shape index (κ3) is 2.66. The highest BCUT2D eigenvalue weighted by Crippen LogP contribution is 2.28. The van der Waals surface area contributed by atoms with Crippen LogP contribution in [0.2, 0.25) is 0 Å². The molecule has 1 amide bonds. The summed E-state index contributed by atoms with van der Waals surface area (Å²) in [5.41, 5.74) is 4.39. The van der Waals surface area contributed by atoms with E-state index in [1.807, 2.05) is 11.0 Å². The van der Waals surface area contributed by atoms with Crippen molar-refractivity contribution in [1.29, 1.82) is 0 Å². The Morgan fingerprint density at radius 2 is 2.22 bits per heavy atom. The summed E-state index contributed by atoms with van der Waals surface area (Å²) in [5, 5.41) is 4.24. The van der Waals surface area contributed by atoms with Crippen molar-refractivity contribution >= 4 is 22.6 Å². The highest BCUT2D eigenvalue weighted by atomic mass is 16.2. The molecule has 1 aromatic carbocycles. The number of benzene rings is 1. The van der Waals surface area contributed by atoms with E-state index < -0.39 is 0 Å². The van der Waals surface area contributed by atoms with Crippen molar-refractivity contribution in [1.82, 2.24) is 29.5 Å². The maximum absolute atomic E-state index is 13.1. The number of aromatic amines is 1. The SMILES string of the molecule is Cc1cccc2[nH]c([C@@H]3CCCN(C(=O)c4cnn5cccnc45)C3)nc12. The summed E-state index contributed by atoms with van der Waals surface area (Å²) >= 11 is 0. The predicted octanol–water partition coefficient (Wildman–Crippen LogP) is 2.93. The van der Waals surface area contributed by atoms with Crippen LogP contribution in [0.3, 0.4) is 0 Å². The first kappa shape index (κ1) is 16.0. The van der Waals surface area contributed by atoms with Crippen LogP contribution >= 0.6 is 0 Å². The number of aromatic nitrogens is 5. The van der Waals surface area contributed by atoms with Crippen molar-refractivity contribution in [2.75, 3.05) is 13.1 Å². The molecule has 136 valence electrons. The van der Waals surface area contributed by atoms with E-state index in [2.05, 4.69) is 34.1 Å². The molecule has 1 saturated heterocycles. The van der Waals surface area contributed by atoms with Gasteiger partial charge in [-0.3, -0.25) is 4.79 Å². The zero-order valence-electron chi connectivity index (χ0n) is 15.1. The van der Waals surface area contributed by atoms with E-state index in [4.69, 9.17) is 4.98 Å². The molecule has 1 fully saturated rings. The standard InChI is InChI=1S/C20H20N6O/c1-13-5-2-7-16-17(13)24-18(23-16)14-6-3-9-25(12-14)20(27)15-11-22-26-10-4-8-21-19(15)26/h2,4-5,7-8,10-11,14H,3,6,9,12H2,1H3,(H,23,24)/t14-/m1/s1. The number of hydrogen-bond acceptors (Lipinski definition) is 4. The molecule has 5 rings (SSSR count). The second-order valence-electron chi connectivity index (χ2n) is 7.13. The Bertz CT molecular complexity index is 1140. The van der Waals surface area contributed by atoms with E-state index in [-0.39, 0.29) is 11.8 Å². The first-order valence-electron chi connectivity index (χ1n) is 9.23. The van der Waals surface area contributed by atoms with Crippen molar-refractivity contribution in [2.45, 2.75) is 25.7 Å². The van der Waals surface area contributed by atoms with Crippen LogP contribution in [0, 0.1) is 6.92 Å². The Balaban J connectivity index is 1.43. The van der Waals surface area contributed by atoms with Crippen molar-refractivity contribution in [2.24, 2.45) is 0 Å². The third-order valence-electron chi connectivity index (χ3n) is 5.34. The van der Waals surface area contributed by atoms with Gasteiger partial charge in [-0.05, 0) is 37.5 Å². The fourth-order valence-corrected chi connectivity index (χ4v) is 3.92. The van der Waals surface area contributed by atoms with Crippen LogP contribution in [-0.2, 0) is 0 Å². The van der Waals surface area contributed by atoms with Gasteiger partial charge in [-0.1, -0.05) is 12.1 Å². The maximum Gasteiger partial charge on any atom is 0.259 e. The average Bonchev–Trinajstić information content (AvgIpc) is 3.33. The molecule has 3 aromatic heterocycles. The Morgan fingerprint density at radius 3 is 3.11 bits per heavy atom. The first-order chi connectivity index (χ1) is 13.2. The second-order valence-corrected chi connectivity index (χ2v) is 7.13. The summed E-state index contributed by atoms with van der Waals surface area (Å²) in [5.74, 6) is 1.17. The molecule has 7 nitrogen and oxygen atoms in total. The molecular formula is C20H20N6O. The normalized spacial score (nSPS) is 17.7. The van der Waals surface area contributed by atoms with E-state index >= 15 is 0 Å². The third-order valence-corrected chi connectivity index (χ3v) is 5.34. The Kier molecular flexibility index (Phi) is 3.67. The van der Waals surface area contributed by atoms with E-state index in [0.29, 0.717) is 17.8 Å². The molecule has 1 aliphatic heterocycles. The van der Waals surface area contributed by atoms with E-state index in [9.17, 15) is 4.79 Å². The van der Waals surface area contributed by atoms with Crippen LogP contribution in [0.25, 0.3) is 16.7 Å². The minimum absolute atomic E-state index is 0.0132. The van der Waals surface area contributed by atoms with Crippen LogP contribution < -0.4 is 0 Å². The quantitative estimate of drug-likeness (QED) is 0.596. The van der Waals surface area contributed by atoms with E-state index in [0.717, 1.165) is 41.8 Å². The highest BCUT2D eigenvalue weighted by Gasteiger charge is 2.29. The minimum atomic E-state index is -0.0132. The van der Waals surface area contributed by atoms with Gasteiger partial charge in [-0.2, -0.15) is 5.10 Å². The summed E-state index contributed by atoms with van der Waals surface area (Å²) in [7, 11) is 0. The number of H-pyrrole nitrogens is 1. The molecule has 1 atom stereocenters. The maximum atomic E-state index is 13.1. The molecule has 0 bridgehead atoms. The molecule has 4 aromatic rings. The lowest BCUT2D eigenvalue weighted by Crippen LogP contribution is -2.39. The van der Waals surface area contributed by atoms with E-state index in [1.54, 1.807) is 29.2 Å². The summed E-state index contributed by atoms with van der Waals surface area (Å²) in [6.45, 7) is 3.47. The number of rotatable bonds is 2. The molecule has 4 heterocycles. The Labute approximate surface area is 156 Å². The molecule has 1 aliphatic rings. The zero-order chi connectivity index (χ0) is 18.4. The number of nitrogens with one attached hydrogen (secondary N) is 1. The van der Waals surface area contributed by atoms with Crippen molar-refractivity contribution in [3.8, 4) is 0 Å². The van der Waals surface area contributed by atoms with Gasteiger partial charge in [0, 0.05) is 31.4 Å². The Hall–Kier alpha value is -3.22. The van der Waals surface area contributed by atoms with Crippen molar-refractivity contribution in [3.63, 3.8) is 0 Å². The lowest BCUT2D eigenvalue weighted by atomic mass is 9.97. The molecule has 7 heteroatoms. The van der Waals surface area contributed by atoms with Gasteiger partial charge in [0.05, 0.1) is 17.2 Å². The molecule has 0 unspecified atom stereocenters. The van der Waals surface area contributed by atoms with Gasteiger partial charge in [-0.25, -0.2) is 14.5 Å². The van der Waals surface area contributed by atoms with Crippen molar-refractivity contribution < 1.29 is 4.79 Å². The smallest absolute Gasteiger partial charge is 0.259 e. The number of carbonyl (C=O) groups is 1. The van der Waals surface area contributed by atoms with Crippen molar-refractivity contribution in [3.05, 3.63) is 59.8 Å². The topological polar surface area (TPSA) is 79.2 Å². The van der Waals surface area contributed by atoms with Gasteiger partial charge in [0.1, 0.15) is 11.4 Å². The number of carbonyl (C=O) groups excluding carboxylic acids is 1. The van der Waals surface area contributed by atoms with Gasteiger partial charge in [-0.15, -0.1) is 0 Å². The molecule has 1 N–H and O–H groups in total. The van der Waals surface area contributed by atoms with Crippen LogP contribution in [-0.4, -0.2) is 48.5 Å². The molecule has 0 radical (unpaired) electrons. The largest absolute Gasteiger partial charge is 0.342 e.